The van der Waals surface area contributed by atoms with Crippen LogP contribution in [0.2, 0.25) is 0 Å². The highest BCUT2D eigenvalue weighted by Crippen LogP contribution is 2.39. The first-order valence-electron chi connectivity index (χ1n) is 10.4. The van der Waals surface area contributed by atoms with E-state index in [2.05, 4.69) is 6.08 Å². The van der Waals surface area contributed by atoms with Gasteiger partial charge in [-0.3, -0.25) is 4.79 Å². The smallest absolute Gasteiger partial charge is 0.339 e. The van der Waals surface area contributed by atoms with Gasteiger partial charge in [-0.2, -0.15) is 0 Å². The second kappa shape index (κ2) is 8.00. The highest BCUT2D eigenvalue weighted by molar-refractivity contribution is 6.07. The predicted molar refractivity (Wildman–Crippen MR) is 119 cm³/mol. The van der Waals surface area contributed by atoms with E-state index in [-0.39, 0.29) is 19.3 Å². The second-order valence-electron chi connectivity index (χ2n) is 7.98. The van der Waals surface area contributed by atoms with Gasteiger partial charge >= 0.3 is 5.97 Å². The van der Waals surface area contributed by atoms with Crippen molar-refractivity contribution in [3.05, 3.63) is 64.8 Å². The minimum Gasteiger partial charge on any atom is -0.454 e. The van der Waals surface area contributed by atoms with E-state index >= 15 is 0 Å². The van der Waals surface area contributed by atoms with E-state index in [4.69, 9.17) is 19.2 Å². The van der Waals surface area contributed by atoms with Crippen molar-refractivity contribution in [2.24, 2.45) is 0 Å². The van der Waals surface area contributed by atoms with Gasteiger partial charge in [-0.25, -0.2) is 9.78 Å². The molecule has 0 saturated heterocycles. The summed E-state index contributed by atoms with van der Waals surface area (Å²) in [6.45, 7) is -0.0648. The van der Waals surface area contributed by atoms with Gasteiger partial charge in [0.25, 0.3) is 5.91 Å². The molecule has 0 N–H and O–H groups in total. The van der Waals surface area contributed by atoms with Crippen LogP contribution < -0.4 is 9.47 Å². The van der Waals surface area contributed by atoms with E-state index in [1.165, 1.54) is 4.90 Å². The lowest BCUT2D eigenvalue weighted by Gasteiger charge is -2.14. The third-order valence-electron chi connectivity index (χ3n) is 5.71. The standard InChI is InChI=1S/C25H22N2O5/c1-27(2)22(28)13-30-25(29)23-17-5-3-4-6-19(17)26-24-16(8-9-18(23)24)11-15-7-10-20-21(12-15)32-14-31-20/h3-7,10-12H,8-9,13-14H2,1-2H3/b16-11-. The fourth-order valence-electron chi connectivity index (χ4n) is 4.04. The fraction of sp³-hybridized carbons (Fsp3) is 0.240. The topological polar surface area (TPSA) is 78.0 Å². The molecule has 2 heterocycles. The lowest BCUT2D eigenvalue weighted by molar-refractivity contribution is -0.131. The largest absolute Gasteiger partial charge is 0.454 e. The number of likely N-dealkylation sites (N-methyl/N-ethyl adjacent to an activating group) is 1. The molecule has 32 heavy (non-hydrogen) atoms. The number of aromatic nitrogens is 1. The monoisotopic (exact) mass is 430 g/mol. The number of pyridine rings is 1. The van der Waals surface area contributed by atoms with Gasteiger partial charge in [0.2, 0.25) is 6.79 Å². The lowest BCUT2D eigenvalue weighted by atomic mass is 10.0. The Balaban J connectivity index is 1.55. The molecule has 3 aromatic rings. The number of nitrogens with zero attached hydrogens (tertiary/aromatic N) is 2. The Kier molecular flexibility index (Phi) is 5.01. The molecule has 0 radical (unpaired) electrons. The van der Waals surface area contributed by atoms with Crippen molar-refractivity contribution in [1.82, 2.24) is 9.88 Å². The van der Waals surface area contributed by atoms with E-state index in [9.17, 15) is 9.59 Å². The average Bonchev–Trinajstić information content (AvgIpc) is 3.42. The van der Waals surface area contributed by atoms with Crippen molar-refractivity contribution in [3.8, 4) is 11.5 Å². The maximum atomic E-state index is 13.1. The number of para-hydroxylation sites is 1. The molecule has 2 aromatic carbocycles. The zero-order valence-electron chi connectivity index (χ0n) is 17.9. The summed E-state index contributed by atoms with van der Waals surface area (Å²) in [6.07, 6.45) is 3.50. The maximum absolute atomic E-state index is 13.1. The number of ether oxygens (including phenoxy) is 3. The van der Waals surface area contributed by atoms with Crippen molar-refractivity contribution in [2.75, 3.05) is 27.5 Å². The molecule has 0 saturated carbocycles. The summed E-state index contributed by atoms with van der Waals surface area (Å²) in [5.41, 5.74) is 4.89. The van der Waals surface area contributed by atoms with Crippen LogP contribution >= 0.6 is 0 Å². The Hall–Kier alpha value is -3.87. The molecule has 0 spiro atoms. The van der Waals surface area contributed by atoms with Crippen molar-refractivity contribution < 1.29 is 23.8 Å². The van der Waals surface area contributed by atoms with E-state index < -0.39 is 5.97 Å². The van der Waals surface area contributed by atoms with Crippen LogP contribution in [-0.2, 0) is 16.0 Å². The van der Waals surface area contributed by atoms with E-state index in [0.29, 0.717) is 12.0 Å². The molecule has 7 heteroatoms. The van der Waals surface area contributed by atoms with Crippen LogP contribution in [0.4, 0.5) is 0 Å². The first kappa shape index (κ1) is 20.1. The molecule has 0 fully saturated rings. The summed E-state index contributed by atoms with van der Waals surface area (Å²) >= 11 is 0. The van der Waals surface area contributed by atoms with Crippen LogP contribution in [0.15, 0.2) is 42.5 Å². The van der Waals surface area contributed by atoms with Crippen LogP contribution in [0.5, 0.6) is 11.5 Å². The normalized spacial score (nSPS) is 15.1. The van der Waals surface area contributed by atoms with Crippen LogP contribution in [0, 0.1) is 0 Å². The third-order valence-corrected chi connectivity index (χ3v) is 5.71. The molecular weight excluding hydrogens is 408 g/mol. The molecule has 0 atom stereocenters. The summed E-state index contributed by atoms with van der Waals surface area (Å²) in [5, 5.41) is 0.734. The van der Waals surface area contributed by atoms with Gasteiger partial charge in [0.1, 0.15) is 0 Å². The van der Waals surface area contributed by atoms with Gasteiger partial charge in [0.15, 0.2) is 18.1 Å². The first-order valence-corrected chi connectivity index (χ1v) is 10.4. The summed E-state index contributed by atoms with van der Waals surface area (Å²) in [7, 11) is 3.26. The summed E-state index contributed by atoms with van der Waals surface area (Å²) in [4.78, 5) is 31.3. The van der Waals surface area contributed by atoms with Gasteiger partial charge in [0, 0.05) is 19.5 Å². The van der Waals surface area contributed by atoms with E-state index in [1.807, 2.05) is 42.5 Å². The number of amides is 1. The minimum atomic E-state index is -0.501. The second-order valence-corrected chi connectivity index (χ2v) is 7.98. The molecule has 1 aliphatic carbocycles. The van der Waals surface area contributed by atoms with Crippen LogP contribution in [0.1, 0.15) is 33.6 Å². The molecule has 1 aliphatic heterocycles. The third kappa shape index (κ3) is 3.56. The van der Waals surface area contributed by atoms with Crippen molar-refractivity contribution in [2.45, 2.75) is 12.8 Å². The summed E-state index contributed by atoms with van der Waals surface area (Å²) < 4.78 is 16.3. The quantitative estimate of drug-likeness (QED) is 0.588. The molecule has 1 amide bonds. The zero-order valence-corrected chi connectivity index (χ0v) is 17.9. The number of hydrogen-bond acceptors (Lipinski definition) is 6. The number of carbonyl (C=O) groups excluding carboxylic acids is 2. The lowest BCUT2D eigenvalue weighted by Crippen LogP contribution is -2.27. The Bertz CT molecular complexity index is 1280. The SMILES string of the molecule is CN(C)C(=O)COC(=O)c1c2c(nc3ccccc13)/C(=C\c1ccc3c(c1)OCO3)CC2. The van der Waals surface area contributed by atoms with E-state index in [1.54, 1.807) is 14.1 Å². The zero-order chi connectivity index (χ0) is 22.2. The van der Waals surface area contributed by atoms with Crippen LogP contribution in [-0.4, -0.2) is 49.3 Å². The van der Waals surface area contributed by atoms with Crippen molar-refractivity contribution in [1.29, 1.82) is 0 Å². The molecule has 1 aromatic heterocycles. The fourth-order valence-corrected chi connectivity index (χ4v) is 4.04. The van der Waals surface area contributed by atoms with Crippen molar-refractivity contribution >= 4 is 34.4 Å². The number of hydrogen-bond donors (Lipinski definition) is 0. The summed E-state index contributed by atoms with van der Waals surface area (Å²) in [5.74, 6) is 0.690. The Morgan fingerprint density at radius 2 is 1.91 bits per heavy atom. The molecule has 0 bridgehead atoms. The number of esters is 1. The van der Waals surface area contributed by atoms with Gasteiger partial charge < -0.3 is 19.1 Å². The van der Waals surface area contributed by atoms with Crippen LogP contribution in [0.3, 0.4) is 0 Å². The van der Waals surface area contributed by atoms with E-state index in [0.717, 1.165) is 51.2 Å². The first-order chi connectivity index (χ1) is 15.5. The molecule has 2 aliphatic rings. The number of rotatable bonds is 4. The molecule has 162 valence electrons. The highest BCUT2D eigenvalue weighted by Gasteiger charge is 2.28. The predicted octanol–water partition coefficient (Wildman–Crippen LogP) is 3.70. The molecule has 0 unspecified atom stereocenters. The van der Waals surface area contributed by atoms with Gasteiger partial charge in [-0.05, 0) is 53.8 Å². The van der Waals surface area contributed by atoms with Gasteiger partial charge in [-0.1, -0.05) is 24.3 Å². The van der Waals surface area contributed by atoms with Gasteiger partial charge in [-0.15, -0.1) is 0 Å². The average molecular weight is 430 g/mol. The number of fused-ring (bicyclic) bond motifs is 3. The molecule has 7 nitrogen and oxygen atoms in total. The van der Waals surface area contributed by atoms with Crippen molar-refractivity contribution in [3.63, 3.8) is 0 Å². The Morgan fingerprint density at radius 1 is 1.09 bits per heavy atom. The van der Waals surface area contributed by atoms with Gasteiger partial charge in [0.05, 0.1) is 16.8 Å². The number of benzene rings is 2. The number of allylic oxidation sites excluding steroid dienone is 1. The van der Waals surface area contributed by atoms with Crippen LogP contribution in [0.25, 0.3) is 22.6 Å². The summed E-state index contributed by atoms with van der Waals surface area (Å²) in [6, 6.07) is 13.3. The number of carbonyl (C=O) groups is 2. The highest BCUT2D eigenvalue weighted by atomic mass is 16.7. The maximum Gasteiger partial charge on any atom is 0.339 e. The molecule has 5 rings (SSSR count). The minimum absolute atomic E-state index is 0.230. The molecular formula is C25H22N2O5. The Labute approximate surface area is 185 Å². The Morgan fingerprint density at radius 3 is 2.75 bits per heavy atom.